The van der Waals surface area contributed by atoms with Crippen molar-refractivity contribution in [1.29, 1.82) is 0 Å². The largest absolute Gasteiger partial charge is 0.488 e. The first-order valence-electron chi connectivity index (χ1n) is 7.51. The van der Waals surface area contributed by atoms with Gasteiger partial charge >= 0.3 is 0 Å². The molecule has 2 atom stereocenters. The summed E-state index contributed by atoms with van der Waals surface area (Å²) in [4.78, 5) is 9.56. The maximum absolute atomic E-state index is 12.9. The van der Waals surface area contributed by atoms with E-state index in [1.165, 1.54) is 12.1 Å². The number of aromatic nitrogens is 2. The van der Waals surface area contributed by atoms with Gasteiger partial charge in [-0.15, -0.1) is 0 Å². The first-order chi connectivity index (χ1) is 10.7. The molecule has 3 rings (SSSR count). The second-order valence-corrected chi connectivity index (χ2v) is 5.57. The highest BCUT2D eigenvalue weighted by atomic mass is 19.1. The van der Waals surface area contributed by atoms with Crippen LogP contribution in [0.4, 0.5) is 4.39 Å². The molecule has 1 aliphatic rings. The highest BCUT2D eigenvalue weighted by molar-refractivity contribution is 5.22. The van der Waals surface area contributed by atoms with E-state index in [4.69, 9.17) is 4.74 Å². The molecule has 0 aliphatic carbocycles. The molecule has 6 heteroatoms. The van der Waals surface area contributed by atoms with Crippen molar-refractivity contribution in [1.82, 2.24) is 14.9 Å². The van der Waals surface area contributed by atoms with Gasteiger partial charge in [0.2, 0.25) is 0 Å². The fourth-order valence-corrected chi connectivity index (χ4v) is 2.69. The Balaban J connectivity index is 1.58. The van der Waals surface area contributed by atoms with Gasteiger partial charge in [0.15, 0.2) is 0 Å². The summed E-state index contributed by atoms with van der Waals surface area (Å²) >= 11 is 0. The third-order valence-electron chi connectivity index (χ3n) is 3.93. The number of hydrogen-bond donors (Lipinski definition) is 2. The molecule has 2 N–H and O–H groups in total. The van der Waals surface area contributed by atoms with Crippen LogP contribution in [-0.2, 0) is 6.54 Å². The molecule has 22 heavy (non-hydrogen) atoms. The number of nitrogens with zero attached hydrogens (tertiary/aromatic N) is 2. The van der Waals surface area contributed by atoms with Crippen molar-refractivity contribution in [2.24, 2.45) is 0 Å². The Morgan fingerprint density at radius 2 is 2.05 bits per heavy atom. The van der Waals surface area contributed by atoms with E-state index in [-0.39, 0.29) is 11.9 Å². The van der Waals surface area contributed by atoms with Gasteiger partial charge in [-0.1, -0.05) is 0 Å². The van der Waals surface area contributed by atoms with Crippen LogP contribution in [0, 0.1) is 5.82 Å². The monoisotopic (exact) mass is 305 g/mol. The van der Waals surface area contributed by atoms with Gasteiger partial charge in [-0.05, 0) is 37.1 Å². The summed E-state index contributed by atoms with van der Waals surface area (Å²) in [5, 5.41) is 10.3. The maximum Gasteiger partial charge on any atom is 0.126 e. The van der Waals surface area contributed by atoms with Crippen LogP contribution in [0.15, 0.2) is 36.7 Å². The van der Waals surface area contributed by atoms with Crippen molar-refractivity contribution in [3.63, 3.8) is 0 Å². The van der Waals surface area contributed by atoms with Crippen LogP contribution in [0.2, 0.25) is 0 Å². The van der Waals surface area contributed by atoms with E-state index in [0.29, 0.717) is 12.2 Å². The number of benzene rings is 1. The highest BCUT2D eigenvalue weighted by Crippen LogP contribution is 2.20. The lowest BCUT2D eigenvalue weighted by Gasteiger charge is -2.21. The van der Waals surface area contributed by atoms with Gasteiger partial charge in [-0.2, -0.15) is 0 Å². The molecule has 118 valence electrons. The van der Waals surface area contributed by atoms with E-state index in [9.17, 15) is 9.50 Å². The Morgan fingerprint density at radius 3 is 2.77 bits per heavy atom. The van der Waals surface area contributed by atoms with E-state index in [1.807, 2.05) is 6.20 Å². The lowest BCUT2D eigenvalue weighted by Crippen LogP contribution is -2.31. The first kappa shape index (κ1) is 15.0. The molecule has 1 aromatic carbocycles. The van der Waals surface area contributed by atoms with Crippen molar-refractivity contribution in [3.05, 3.63) is 48.3 Å². The molecule has 0 radical (unpaired) electrons. The molecule has 5 nitrogen and oxygen atoms in total. The summed E-state index contributed by atoms with van der Waals surface area (Å²) in [6.45, 7) is 2.36. The van der Waals surface area contributed by atoms with Crippen LogP contribution in [-0.4, -0.2) is 45.3 Å². The Labute approximate surface area is 128 Å². The van der Waals surface area contributed by atoms with Crippen LogP contribution < -0.4 is 4.74 Å². The van der Waals surface area contributed by atoms with Crippen LogP contribution in [0.25, 0.3) is 0 Å². The quantitative estimate of drug-likeness (QED) is 0.906. The molecular weight excluding hydrogens is 285 g/mol. The maximum atomic E-state index is 12.9. The summed E-state index contributed by atoms with van der Waals surface area (Å²) in [6, 6.07) is 5.91. The predicted octanol–water partition coefficient (Wildman–Crippen LogP) is 1.95. The van der Waals surface area contributed by atoms with E-state index in [1.54, 1.807) is 18.3 Å². The standard InChI is InChI=1S/C16H20FN3O2/c17-12-1-3-13(4-2-12)22-15-6-10-20(9-5-14(15)21)11-16-18-7-8-19-16/h1-4,7-8,14-15,21H,5-6,9-11H2,(H,18,19)/t14-,15-/m0/s1. The van der Waals surface area contributed by atoms with E-state index in [2.05, 4.69) is 14.9 Å². The molecule has 1 aliphatic heterocycles. The summed E-state index contributed by atoms with van der Waals surface area (Å²) in [7, 11) is 0. The third kappa shape index (κ3) is 3.84. The van der Waals surface area contributed by atoms with Gasteiger partial charge in [0.1, 0.15) is 23.5 Å². The summed E-state index contributed by atoms with van der Waals surface area (Å²) < 4.78 is 18.7. The van der Waals surface area contributed by atoms with Crippen molar-refractivity contribution in [3.8, 4) is 5.75 Å². The predicted molar refractivity (Wildman–Crippen MR) is 79.9 cm³/mol. The fraction of sp³-hybridized carbons (Fsp3) is 0.438. The zero-order chi connectivity index (χ0) is 15.4. The van der Waals surface area contributed by atoms with Crippen molar-refractivity contribution in [2.45, 2.75) is 31.6 Å². The molecule has 0 spiro atoms. The Kier molecular flexibility index (Phi) is 4.70. The molecule has 2 aromatic rings. The van der Waals surface area contributed by atoms with Gasteiger partial charge in [0.25, 0.3) is 0 Å². The Morgan fingerprint density at radius 1 is 1.27 bits per heavy atom. The molecule has 0 bridgehead atoms. The second-order valence-electron chi connectivity index (χ2n) is 5.57. The SMILES string of the molecule is O[C@H]1CCN(Cc2ncc[nH]2)CC[C@@H]1Oc1ccc(F)cc1. The van der Waals surface area contributed by atoms with Crippen molar-refractivity contribution < 1.29 is 14.2 Å². The molecule has 2 heterocycles. The van der Waals surface area contributed by atoms with Gasteiger partial charge in [0, 0.05) is 25.5 Å². The van der Waals surface area contributed by atoms with Gasteiger partial charge in [-0.25, -0.2) is 9.37 Å². The smallest absolute Gasteiger partial charge is 0.126 e. The first-order valence-corrected chi connectivity index (χ1v) is 7.51. The topological polar surface area (TPSA) is 61.4 Å². The average molecular weight is 305 g/mol. The van der Waals surface area contributed by atoms with Gasteiger partial charge in [-0.3, -0.25) is 4.90 Å². The molecule has 1 saturated heterocycles. The zero-order valence-electron chi connectivity index (χ0n) is 12.3. The number of ether oxygens (including phenoxy) is 1. The lowest BCUT2D eigenvalue weighted by atomic mass is 10.1. The fourth-order valence-electron chi connectivity index (χ4n) is 2.69. The zero-order valence-corrected chi connectivity index (χ0v) is 12.3. The summed E-state index contributed by atoms with van der Waals surface area (Å²) in [5.41, 5.74) is 0. The summed E-state index contributed by atoms with van der Waals surface area (Å²) in [6.07, 6.45) is 4.12. The Bertz CT molecular complexity index is 574. The number of rotatable bonds is 4. The van der Waals surface area contributed by atoms with E-state index in [0.717, 1.165) is 31.9 Å². The number of halogens is 1. The summed E-state index contributed by atoms with van der Waals surface area (Å²) in [5.74, 6) is 1.22. The van der Waals surface area contributed by atoms with Crippen molar-refractivity contribution >= 4 is 0 Å². The van der Waals surface area contributed by atoms with Crippen molar-refractivity contribution in [2.75, 3.05) is 13.1 Å². The molecule has 0 amide bonds. The number of aliphatic hydroxyl groups excluding tert-OH is 1. The van der Waals surface area contributed by atoms with E-state index >= 15 is 0 Å². The molecule has 1 fully saturated rings. The lowest BCUT2D eigenvalue weighted by molar-refractivity contribution is 0.0349. The second kappa shape index (κ2) is 6.89. The number of hydrogen-bond acceptors (Lipinski definition) is 4. The molecular formula is C16H20FN3O2. The number of likely N-dealkylation sites (tertiary alicyclic amines) is 1. The number of H-pyrrole nitrogens is 1. The molecule has 0 saturated carbocycles. The van der Waals surface area contributed by atoms with E-state index < -0.39 is 6.10 Å². The number of nitrogens with one attached hydrogen (secondary N) is 1. The molecule has 1 aromatic heterocycles. The van der Waals surface area contributed by atoms with Crippen LogP contribution in [0.1, 0.15) is 18.7 Å². The minimum atomic E-state index is -0.522. The highest BCUT2D eigenvalue weighted by Gasteiger charge is 2.26. The number of aromatic amines is 1. The van der Waals surface area contributed by atoms with Crippen LogP contribution >= 0.6 is 0 Å². The van der Waals surface area contributed by atoms with Crippen LogP contribution in [0.3, 0.4) is 0 Å². The number of aliphatic hydroxyl groups is 1. The average Bonchev–Trinajstić information content (AvgIpc) is 2.97. The molecule has 0 unspecified atom stereocenters. The minimum absolute atomic E-state index is 0.271. The number of imidazole rings is 1. The normalized spacial score (nSPS) is 23.2. The van der Waals surface area contributed by atoms with Gasteiger partial charge in [0.05, 0.1) is 12.6 Å². The van der Waals surface area contributed by atoms with Crippen LogP contribution in [0.5, 0.6) is 5.75 Å². The van der Waals surface area contributed by atoms with Gasteiger partial charge < -0.3 is 14.8 Å². The minimum Gasteiger partial charge on any atom is -0.488 e. The Hall–Kier alpha value is -1.92. The third-order valence-corrected chi connectivity index (χ3v) is 3.93.